The molecule has 1 nitrogen and oxygen atoms in total. The van der Waals surface area contributed by atoms with E-state index in [0.717, 1.165) is 0 Å². The zero-order chi connectivity index (χ0) is 9.03. The zero-order valence-electron chi connectivity index (χ0n) is 8.07. The first-order valence-electron chi connectivity index (χ1n) is 4.91. The van der Waals surface area contributed by atoms with Crippen LogP contribution in [0.5, 0.6) is 0 Å². The fourth-order valence-corrected chi connectivity index (χ4v) is 2.80. The summed E-state index contributed by atoms with van der Waals surface area (Å²) in [5.41, 5.74) is 1.84. The van der Waals surface area contributed by atoms with Gasteiger partial charge in [0.2, 0.25) is 0 Å². The first kappa shape index (κ1) is 10.5. The van der Waals surface area contributed by atoms with Gasteiger partial charge < -0.3 is 0 Å². The molecule has 1 aliphatic carbocycles. The summed E-state index contributed by atoms with van der Waals surface area (Å²) in [6, 6.07) is 0. The molecule has 0 N–H and O–H groups in total. The van der Waals surface area contributed by atoms with Crippen LogP contribution < -0.4 is 0 Å². The van der Waals surface area contributed by atoms with Crippen molar-refractivity contribution in [1.29, 1.82) is 0 Å². The average Bonchev–Trinajstić information content (AvgIpc) is 2.17. The largest absolute Gasteiger partial charge is 0.224 e. The number of hydrogen-bond acceptors (Lipinski definition) is 1. The van der Waals surface area contributed by atoms with Crippen LogP contribution in [0.15, 0.2) is 3.21 Å². The van der Waals surface area contributed by atoms with E-state index in [-0.39, 0.29) is 0 Å². The van der Waals surface area contributed by atoms with Crippen LogP contribution in [0.25, 0.3) is 0 Å². The third kappa shape index (κ3) is 2.01. The van der Waals surface area contributed by atoms with Crippen molar-refractivity contribution in [3.63, 3.8) is 0 Å². The SMILES string of the molecule is CCC1(/C(C)=N/I)CCCCC1. The fourth-order valence-electron chi connectivity index (χ4n) is 2.29. The molecule has 0 bridgehead atoms. The van der Waals surface area contributed by atoms with E-state index in [9.17, 15) is 0 Å². The smallest absolute Gasteiger partial charge is 0.0830 e. The van der Waals surface area contributed by atoms with Crippen LogP contribution >= 0.6 is 22.9 Å². The fraction of sp³-hybridized carbons (Fsp3) is 0.900. The number of rotatable bonds is 2. The molecule has 1 aliphatic rings. The lowest BCUT2D eigenvalue weighted by molar-refractivity contribution is 0.274. The van der Waals surface area contributed by atoms with Gasteiger partial charge in [0.15, 0.2) is 0 Å². The lowest BCUT2D eigenvalue weighted by atomic mass is 9.69. The first-order chi connectivity index (χ1) is 5.75. The molecule has 70 valence electrons. The van der Waals surface area contributed by atoms with Gasteiger partial charge in [-0.1, -0.05) is 26.2 Å². The molecule has 0 saturated heterocycles. The predicted molar refractivity (Wildman–Crippen MR) is 62.9 cm³/mol. The van der Waals surface area contributed by atoms with E-state index in [4.69, 9.17) is 0 Å². The maximum Gasteiger partial charge on any atom is 0.0830 e. The maximum atomic E-state index is 4.34. The lowest BCUT2D eigenvalue weighted by Gasteiger charge is -2.36. The Bertz CT molecular complexity index is 169. The molecule has 1 rings (SSSR count). The van der Waals surface area contributed by atoms with Crippen molar-refractivity contribution >= 4 is 28.6 Å². The average molecular weight is 279 g/mol. The van der Waals surface area contributed by atoms with Gasteiger partial charge >= 0.3 is 0 Å². The second-order valence-electron chi connectivity index (χ2n) is 3.86. The topological polar surface area (TPSA) is 12.4 Å². The molecule has 0 radical (unpaired) electrons. The zero-order valence-corrected chi connectivity index (χ0v) is 10.2. The van der Waals surface area contributed by atoms with Crippen molar-refractivity contribution in [2.45, 2.75) is 52.4 Å². The highest BCUT2D eigenvalue weighted by Crippen LogP contribution is 2.40. The highest BCUT2D eigenvalue weighted by molar-refractivity contribution is 14.1. The molecule has 0 aromatic rings. The molecule has 0 aliphatic heterocycles. The van der Waals surface area contributed by atoms with Crippen LogP contribution in [0, 0.1) is 5.41 Å². The van der Waals surface area contributed by atoms with Gasteiger partial charge in [-0.15, -0.1) is 0 Å². The van der Waals surface area contributed by atoms with Gasteiger partial charge in [-0.3, -0.25) is 0 Å². The third-order valence-electron chi connectivity index (χ3n) is 3.38. The quantitative estimate of drug-likeness (QED) is 0.531. The Hall–Kier alpha value is 0.400. The van der Waals surface area contributed by atoms with Gasteiger partial charge in [-0.05, 0) is 26.2 Å². The number of nitrogens with zero attached hydrogens (tertiary/aromatic N) is 1. The van der Waals surface area contributed by atoms with Crippen molar-refractivity contribution in [2.75, 3.05) is 0 Å². The van der Waals surface area contributed by atoms with E-state index < -0.39 is 0 Å². The highest BCUT2D eigenvalue weighted by Gasteiger charge is 2.32. The summed E-state index contributed by atoms with van der Waals surface area (Å²) in [6.45, 7) is 4.50. The van der Waals surface area contributed by atoms with Crippen LogP contribution in [-0.2, 0) is 0 Å². The summed E-state index contributed by atoms with van der Waals surface area (Å²) in [4.78, 5) is 0. The minimum atomic E-state index is 0.472. The van der Waals surface area contributed by atoms with Gasteiger partial charge in [0.25, 0.3) is 0 Å². The molecule has 2 heteroatoms. The number of halogens is 1. The standard InChI is InChI=1S/C10H18IN/c1-3-10(9(2)12-11)7-5-4-6-8-10/h3-8H2,1-2H3/b12-9+. The lowest BCUT2D eigenvalue weighted by Crippen LogP contribution is -2.30. The summed E-state index contributed by atoms with van der Waals surface area (Å²) in [5, 5.41) is 0. The molecule has 0 heterocycles. The molecule has 0 spiro atoms. The van der Waals surface area contributed by atoms with Gasteiger partial charge in [0.1, 0.15) is 0 Å². The Balaban J connectivity index is 2.73. The molecule has 1 saturated carbocycles. The minimum Gasteiger partial charge on any atom is -0.224 e. The molecule has 12 heavy (non-hydrogen) atoms. The molecule has 0 atom stereocenters. The first-order valence-corrected chi connectivity index (χ1v) is 5.88. The minimum absolute atomic E-state index is 0.472. The van der Waals surface area contributed by atoms with E-state index >= 15 is 0 Å². The molecule has 0 unspecified atom stereocenters. The Morgan fingerprint density at radius 3 is 2.33 bits per heavy atom. The van der Waals surface area contributed by atoms with Gasteiger partial charge in [-0.25, -0.2) is 3.21 Å². The number of hydrogen-bond donors (Lipinski definition) is 0. The van der Waals surface area contributed by atoms with Crippen molar-refractivity contribution in [3.8, 4) is 0 Å². The molecule has 1 fully saturated rings. The van der Waals surface area contributed by atoms with E-state index in [1.807, 2.05) is 0 Å². The van der Waals surface area contributed by atoms with Gasteiger partial charge in [0.05, 0.1) is 22.9 Å². The Morgan fingerprint density at radius 2 is 1.92 bits per heavy atom. The molecular formula is C10H18IN. The van der Waals surface area contributed by atoms with Gasteiger partial charge in [-0.2, -0.15) is 0 Å². The summed E-state index contributed by atoms with van der Waals surface area (Å²) in [5.74, 6) is 0. The van der Waals surface area contributed by atoms with Crippen molar-refractivity contribution in [2.24, 2.45) is 8.62 Å². The second kappa shape index (κ2) is 4.58. The Labute approximate surface area is 89.5 Å². The van der Waals surface area contributed by atoms with Crippen molar-refractivity contribution in [3.05, 3.63) is 0 Å². The Kier molecular flexibility index (Phi) is 4.00. The van der Waals surface area contributed by atoms with Crippen LogP contribution in [-0.4, -0.2) is 5.71 Å². The molecular weight excluding hydrogens is 261 g/mol. The summed E-state index contributed by atoms with van der Waals surface area (Å²) < 4.78 is 4.34. The molecule has 0 aromatic carbocycles. The molecule has 0 amide bonds. The van der Waals surface area contributed by atoms with Crippen LogP contribution in [0.1, 0.15) is 52.4 Å². The van der Waals surface area contributed by atoms with E-state index in [2.05, 4.69) is 39.9 Å². The van der Waals surface area contributed by atoms with Crippen LogP contribution in [0.4, 0.5) is 0 Å². The monoisotopic (exact) mass is 279 g/mol. The van der Waals surface area contributed by atoms with Gasteiger partial charge in [0, 0.05) is 11.1 Å². The third-order valence-corrected chi connectivity index (χ3v) is 4.11. The van der Waals surface area contributed by atoms with E-state index in [1.54, 1.807) is 0 Å². The van der Waals surface area contributed by atoms with E-state index in [0.29, 0.717) is 5.41 Å². The Morgan fingerprint density at radius 1 is 1.33 bits per heavy atom. The van der Waals surface area contributed by atoms with Crippen molar-refractivity contribution in [1.82, 2.24) is 0 Å². The second-order valence-corrected chi connectivity index (χ2v) is 4.35. The summed E-state index contributed by atoms with van der Waals surface area (Å²) >= 11 is 2.14. The van der Waals surface area contributed by atoms with Crippen LogP contribution in [0.2, 0.25) is 0 Å². The normalized spacial score (nSPS) is 24.1. The highest BCUT2D eigenvalue weighted by atomic mass is 127. The maximum absolute atomic E-state index is 4.34. The van der Waals surface area contributed by atoms with Crippen molar-refractivity contribution < 1.29 is 0 Å². The van der Waals surface area contributed by atoms with Crippen LogP contribution in [0.3, 0.4) is 0 Å². The van der Waals surface area contributed by atoms with E-state index in [1.165, 1.54) is 44.2 Å². The summed E-state index contributed by atoms with van der Waals surface area (Å²) in [6.07, 6.45) is 8.22. The molecule has 0 aromatic heterocycles. The summed E-state index contributed by atoms with van der Waals surface area (Å²) in [7, 11) is 0. The predicted octanol–water partition coefficient (Wildman–Crippen LogP) is 4.16.